The summed E-state index contributed by atoms with van der Waals surface area (Å²) in [6.07, 6.45) is 2.24. The van der Waals surface area contributed by atoms with Crippen molar-refractivity contribution >= 4 is 5.82 Å². The Kier molecular flexibility index (Phi) is 5.85. The van der Waals surface area contributed by atoms with Crippen molar-refractivity contribution in [1.29, 1.82) is 0 Å². The van der Waals surface area contributed by atoms with Crippen LogP contribution >= 0.6 is 0 Å². The van der Waals surface area contributed by atoms with Gasteiger partial charge in [0.1, 0.15) is 5.82 Å². The highest BCUT2D eigenvalue weighted by Crippen LogP contribution is 2.22. The van der Waals surface area contributed by atoms with E-state index in [-0.39, 0.29) is 6.04 Å². The molecule has 1 aromatic carbocycles. The third kappa shape index (κ3) is 4.32. The SMILES string of the molecule is O[C@@H]1CN(Cc2ccc(F)c(F)c2)CC[C@H]1N1CCN(c2ccccn2)CC1. The van der Waals surface area contributed by atoms with Crippen molar-refractivity contribution in [1.82, 2.24) is 14.8 Å². The predicted octanol–water partition coefficient (Wildman–Crippen LogP) is 2.12. The molecule has 5 nitrogen and oxygen atoms in total. The molecule has 2 fully saturated rings. The second-order valence-corrected chi connectivity index (χ2v) is 7.62. The van der Waals surface area contributed by atoms with Crippen LogP contribution in [0.1, 0.15) is 12.0 Å². The van der Waals surface area contributed by atoms with Crippen molar-refractivity contribution in [2.75, 3.05) is 44.2 Å². The van der Waals surface area contributed by atoms with E-state index >= 15 is 0 Å². The lowest BCUT2D eigenvalue weighted by Gasteiger charge is -2.45. The van der Waals surface area contributed by atoms with Gasteiger partial charge in [0, 0.05) is 58.1 Å². The van der Waals surface area contributed by atoms with Crippen LogP contribution in [0.5, 0.6) is 0 Å². The molecule has 0 bridgehead atoms. The predicted molar refractivity (Wildman–Crippen MR) is 104 cm³/mol. The fourth-order valence-corrected chi connectivity index (χ4v) is 4.27. The Bertz CT molecular complexity index is 783. The molecule has 0 unspecified atom stereocenters. The number of benzene rings is 1. The van der Waals surface area contributed by atoms with Crippen LogP contribution in [0.3, 0.4) is 0 Å². The van der Waals surface area contributed by atoms with E-state index in [9.17, 15) is 13.9 Å². The lowest BCUT2D eigenvalue weighted by Crippen LogP contribution is -2.58. The first-order valence-corrected chi connectivity index (χ1v) is 9.84. The van der Waals surface area contributed by atoms with E-state index in [4.69, 9.17) is 0 Å². The molecule has 0 amide bonds. The number of likely N-dealkylation sites (tertiary alicyclic amines) is 1. The van der Waals surface area contributed by atoms with Crippen LogP contribution in [0, 0.1) is 11.6 Å². The number of nitrogens with zero attached hydrogens (tertiary/aromatic N) is 4. The van der Waals surface area contributed by atoms with Crippen LogP contribution < -0.4 is 4.90 Å². The number of halogens is 2. The zero-order valence-electron chi connectivity index (χ0n) is 15.8. The van der Waals surface area contributed by atoms with Gasteiger partial charge in [0.15, 0.2) is 11.6 Å². The van der Waals surface area contributed by atoms with Crippen LogP contribution in [-0.2, 0) is 6.54 Å². The number of aliphatic hydroxyl groups excluding tert-OH is 1. The maximum atomic E-state index is 13.4. The van der Waals surface area contributed by atoms with E-state index in [1.165, 1.54) is 6.07 Å². The lowest BCUT2D eigenvalue weighted by atomic mass is 9.98. The molecular formula is C21H26F2N4O. The van der Waals surface area contributed by atoms with E-state index in [2.05, 4.69) is 19.7 Å². The average Bonchev–Trinajstić information content (AvgIpc) is 2.72. The zero-order valence-corrected chi connectivity index (χ0v) is 15.8. The molecule has 1 N–H and O–H groups in total. The van der Waals surface area contributed by atoms with Gasteiger partial charge < -0.3 is 10.0 Å². The number of rotatable bonds is 4. The number of piperidine rings is 1. The van der Waals surface area contributed by atoms with Gasteiger partial charge in [0.05, 0.1) is 6.10 Å². The van der Waals surface area contributed by atoms with Crippen LogP contribution in [0.15, 0.2) is 42.6 Å². The summed E-state index contributed by atoms with van der Waals surface area (Å²) in [5, 5.41) is 10.7. The molecule has 1 aromatic heterocycles. The monoisotopic (exact) mass is 388 g/mol. The van der Waals surface area contributed by atoms with Crippen molar-refractivity contribution in [3.05, 3.63) is 59.8 Å². The largest absolute Gasteiger partial charge is 0.390 e. The molecule has 28 heavy (non-hydrogen) atoms. The van der Waals surface area contributed by atoms with Gasteiger partial charge in [-0.05, 0) is 36.2 Å². The average molecular weight is 388 g/mol. The van der Waals surface area contributed by atoms with Crippen LogP contribution in [-0.4, -0.2) is 71.3 Å². The van der Waals surface area contributed by atoms with Gasteiger partial charge in [-0.1, -0.05) is 12.1 Å². The number of aromatic nitrogens is 1. The highest BCUT2D eigenvalue weighted by molar-refractivity contribution is 5.38. The fourth-order valence-electron chi connectivity index (χ4n) is 4.27. The van der Waals surface area contributed by atoms with Gasteiger partial charge in [0.25, 0.3) is 0 Å². The molecular weight excluding hydrogens is 362 g/mol. The Hall–Kier alpha value is -2.09. The van der Waals surface area contributed by atoms with E-state index in [0.29, 0.717) is 13.1 Å². The topological polar surface area (TPSA) is 42.8 Å². The van der Waals surface area contributed by atoms with Gasteiger partial charge in [-0.25, -0.2) is 13.8 Å². The standard InChI is InChI=1S/C21H26F2N4O/c22-17-5-4-16(13-18(17)23)14-25-8-6-19(20(28)15-25)26-9-11-27(12-10-26)21-3-1-2-7-24-21/h1-5,7,13,19-20,28H,6,8-12,14-15H2/t19-,20-/m1/s1. The summed E-state index contributed by atoms with van der Waals surface area (Å²) in [5.74, 6) is -0.643. The Balaban J connectivity index is 1.29. The molecule has 0 spiro atoms. The summed E-state index contributed by atoms with van der Waals surface area (Å²) in [7, 11) is 0. The molecule has 0 aliphatic carbocycles. The molecule has 0 saturated carbocycles. The second kappa shape index (κ2) is 8.51. The molecule has 4 rings (SSSR count). The van der Waals surface area contributed by atoms with Gasteiger partial charge in [-0.2, -0.15) is 0 Å². The highest BCUT2D eigenvalue weighted by atomic mass is 19.2. The molecule has 2 atom stereocenters. The molecule has 7 heteroatoms. The summed E-state index contributed by atoms with van der Waals surface area (Å²) in [6.45, 7) is 5.51. The smallest absolute Gasteiger partial charge is 0.159 e. The number of aliphatic hydroxyl groups is 1. The Morgan fingerprint density at radius 2 is 1.82 bits per heavy atom. The third-order valence-corrected chi connectivity index (χ3v) is 5.78. The first-order valence-electron chi connectivity index (χ1n) is 9.84. The number of hydrogen-bond acceptors (Lipinski definition) is 5. The minimum atomic E-state index is -0.827. The van der Waals surface area contributed by atoms with Crippen molar-refractivity contribution in [3.8, 4) is 0 Å². The molecule has 2 aliphatic heterocycles. The number of hydrogen-bond donors (Lipinski definition) is 1. The molecule has 2 aliphatic rings. The molecule has 3 heterocycles. The first kappa shape index (κ1) is 19.2. The Labute approximate surface area is 164 Å². The van der Waals surface area contributed by atoms with Crippen molar-refractivity contribution in [2.24, 2.45) is 0 Å². The van der Waals surface area contributed by atoms with E-state index in [1.54, 1.807) is 6.07 Å². The van der Waals surface area contributed by atoms with Gasteiger partial charge in [-0.3, -0.25) is 9.80 Å². The van der Waals surface area contributed by atoms with Crippen molar-refractivity contribution in [2.45, 2.75) is 25.1 Å². The van der Waals surface area contributed by atoms with Gasteiger partial charge >= 0.3 is 0 Å². The van der Waals surface area contributed by atoms with E-state index in [1.807, 2.05) is 24.4 Å². The van der Waals surface area contributed by atoms with Crippen LogP contribution in [0.2, 0.25) is 0 Å². The van der Waals surface area contributed by atoms with Crippen molar-refractivity contribution < 1.29 is 13.9 Å². The summed E-state index contributed by atoms with van der Waals surface area (Å²) in [6, 6.07) is 10.1. The minimum absolute atomic E-state index is 0.145. The number of pyridine rings is 1. The summed E-state index contributed by atoms with van der Waals surface area (Å²) in [5.41, 5.74) is 0.730. The Morgan fingerprint density at radius 3 is 2.50 bits per heavy atom. The lowest BCUT2D eigenvalue weighted by molar-refractivity contribution is -0.0172. The number of piperazine rings is 1. The quantitative estimate of drug-likeness (QED) is 0.869. The molecule has 150 valence electrons. The van der Waals surface area contributed by atoms with Gasteiger partial charge in [-0.15, -0.1) is 0 Å². The van der Waals surface area contributed by atoms with Crippen molar-refractivity contribution in [3.63, 3.8) is 0 Å². The minimum Gasteiger partial charge on any atom is -0.390 e. The fraction of sp³-hybridized carbons (Fsp3) is 0.476. The molecule has 2 saturated heterocycles. The maximum absolute atomic E-state index is 13.4. The van der Waals surface area contributed by atoms with Gasteiger partial charge in [0.2, 0.25) is 0 Å². The van der Waals surface area contributed by atoms with E-state index < -0.39 is 17.7 Å². The van der Waals surface area contributed by atoms with Crippen LogP contribution in [0.25, 0.3) is 0 Å². The number of anilines is 1. The first-order chi connectivity index (χ1) is 13.6. The van der Waals surface area contributed by atoms with E-state index in [0.717, 1.165) is 56.6 Å². The normalized spacial score (nSPS) is 24.5. The molecule has 0 radical (unpaired) electrons. The number of β-amino-alcohol motifs (C(OH)–C–C–N with tert-alkyl or cyclic N) is 1. The molecule has 2 aromatic rings. The van der Waals surface area contributed by atoms with Crippen LogP contribution in [0.4, 0.5) is 14.6 Å². The third-order valence-electron chi connectivity index (χ3n) is 5.78. The summed E-state index contributed by atoms with van der Waals surface area (Å²) >= 11 is 0. The summed E-state index contributed by atoms with van der Waals surface area (Å²) in [4.78, 5) is 11.2. The summed E-state index contributed by atoms with van der Waals surface area (Å²) < 4.78 is 26.5. The maximum Gasteiger partial charge on any atom is 0.159 e. The highest BCUT2D eigenvalue weighted by Gasteiger charge is 2.33. The zero-order chi connectivity index (χ0) is 19.5. The second-order valence-electron chi connectivity index (χ2n) is 7.62. The Morgan fingerprint density at radius 1 is 1.00 bits per heavy atom.